The number of halogens is 3. The van der Waals surface area contributed by atoms with Crippen molar-refractivity contribution in [2.45, 2.75) is 32.0 Å². The number of hydrogen-bond acceptors (Lipinski definition) is 2. The van der Waals surface area contributed by atoms with Gasteiger partial charge in [-0.05, 0) is 12.5 Å². The minimum atomic E-state index is -4.47. The summed E-state index contributed by atoms with van der Waals surface area (Å²) >= 11 is 0. The normalized spacial score (nSPS) is 24.8. The van der Waals surface area contributed by atoms with Gasteiger partial charge in [0.15, 0.2) is 0 Å². The van der Waals surface area contributed by atoms with Crippen LogP contribution in [0.15, 0.2) is 12.7 Å². The number of alkyl halides is 3. The quantitative estimate of drug-likeness (QED) is 0.707. The van der Waals surface area contributed by atoms with E-state index in [1.807, 2.05) is 13.8 Å². The third-order valence-electron chi connectivity index (χ3n) is 2.35. The lowest BCUT2D eigenvalue weighted by atomic mass is 10.00. The van der Waals surface area contributed by atoms with Crippen LogP contribution in [-0.4, -0.2) is 35.6 Å². The van der Waals surface area contributed by atoms with Crippen molar-refractivity contribution in [3.63, 3.8) is 0 Å². The van der Waals surface area contributed by atoms with Crippen molar-refractivity contribution in [3.8, 4) is 0 Å². The number of nitrogens with zero attached hydrogens (tertiary/aromatic N) is 1. The van der Waals surface area contributed by atoms with Crippen molar-refractivity contribution in [1.29, 1.82) is 0 Å². The van der Waals surface area contributed by atoms with Gasteiger partial charge in [0, 0.05) is 13.1 Å². The Labute approximate surface area is 93.1 Å². The third kappa shape index (κ3) is 2.98. The second kappa shape index (κ2) is 5.34. The van der Waals surface area contributed by atoms with Gasteiger partial charge in [-0.2, -0.15) is 13.2 Å². The molecule has 1 saturated heterocycles. The molecule has 0 radical (unpaired) electrons. The highest BCUT2D eigenvalue weighted by atomic mass is 19.4. The summed E-state index contributed by atoms with van der Waals surface area (Å²) in [6.45, 7) is 6.75. The molecule has 1 atom stereocenters. The molecule has 16 heavy (non-hydrogen) atoms. The highest BCUT2D eigenvalue weighted by Gasteiger charge is 2.55. The highest BCUT2D eigenvalue weighted by molar-refractivity contribution is 5.87. The van der Waals surface area contributed by atoms with Gasteiger partial charge in [-0.15, -0.1) is 0 Å². The molecule has 94 valence electrons. The molecular weight excluding hydrogens is 221 g/mol. The van der Waals surface area contributed by atoms with Crippen molar-refractivity contribution >= 4 is 5.91 Å². The molecule has 0 aromatic carbocycles. The summed E-state index contributed by atoms with van der Waals surface area (Å²) < 4.78 is 37.2. The van der Waals surface area contributed by atoms with Crippen LogP contribution in [0, 0.1) is 0 Å². The molecule has 0 saturated carbocycles. The van der Waals surface area contributed by atoms with E-state index in [1.165, 1.54) is 0 Å². The lowest BCUT2D eigenvalue weighted by Crippen LogP contribution is -2.55. The van der Waals surface area contributed by atoms with Crippen LogP contribution in [0.1, 0.15) is 20.3 Å². The molecule has 0 spiro atoms. The molecule has 1 amide bonds. The van der Waals surface area contributed by atoms with Crippen molar-refractivity contribution in [1.82, 2.24) is 4.90 Å². The lowest BCUT2D eigenvalue weighted by Gasteiger charge is -2.26. The average Bonchev–Trinajstić information content (AvgIpc) is 2.63. The molecule has 0 aliphatic carbocycles. The molecule has 1 aliphatic heterocycles. The fourth-order valence-corrected chi connectivity index (χ4v) is 1.38. The summed E-state index contributed by atoms with van der Waals surface area (Å²) in [6.07, 6.45) is -3.73. The Kier molecular flexibility index (Phi) is 4.99. The van der Waals surface area contributed by atoms with Crippen LogP contribution in [0.3, 0.4) is 0 Å². The van der Waals surface area contributed by atoms with Gasteiger partial charge < -0.3 is 10.6 Å². The van der Waals surface area contributed by atoms with Crippen LogP contribution in [-0.2, 0) is 4.79 Å². The number of carbonyl (C=O) groups excluding carboxylic acids is 1. The van der Waals surface area contributed by atoms with Gasteiger partial charge in [-0.1, -0.05) is 20.4 Å². The van der Waals surface area contributed by atoms with Crippen molar-refractivity contribution in [2.75, 3.05) is 13.1 Å². The van der Waals surface area contributed by atoms with Gasteiger partial charge in [-0.3, -0.25) is 4.79 Å². The zero-order valence-electron chi connectivity index (χ0n) is 9.47. The SMILES string of the molecule is C=CC(=O)N1CCC(N)(C(F)(F)F)C1.CC. The Bertz CT molecular complexity index is 265. The molecular formula is C10H17F3N2O. The average molecular weight is 238 g/mol. The molecule has 3 nitrogen and oxygen atoms in total. The number of nitrogens with two attached hydrogens (primary N) is 1. The first-order valence-corrected chi connectivity index (χ1v) is 5.07. The third-order valence-corrected chi connectivity index (χ3v) is 2.35. The molecule has 1 rings (SSSR count). The first-order chi connectivity index (χ1) is 7.30. The minimum absolute atomic E-state index is 0.0286. The van der Waals surface area contributed by atoms with Gasteiger partial charge in [0.05, 0.1) is 0 Å². The van der Waals surface area contributed by atoms with E-state index in [1.54, 1.807) is 0 Å². The summed E-state index contributed by atoms with van der Waals surface area (Å²) in [6, 6.07) is 0. The Morgan fingerprint density at radius 2 is 2.00 bits per heavy atom. The molecule has 0 bridgehead atoms. The van der Waals surface area contributed by atoms with Gasteiger partial charge in [-0.25, -0.2) is 0 Å². The van der Waals surface area contributed by atoms with Crippen LogP contribution in [0.4, 0.5) is 13.2 Å². The Morgan fingerprint density at radius 3 is 2.31 bits per heavy atom. The number of rotatable bonds is 1. The van der Waals surface area contributed by atoms with E-state index in [-0.39, 0.29) is 13.0 Å². The summed E-state index contributed by atoms with van der Waals surface area (Å²) in [5.41, 5.74) is 2.91. The standard InChI is InChI=1S/C8H11F3N2O.C2H6/c1-2-6(14)13-4-3-7(12,5-13)8(9,10)11;1-2/h2H,1,3-5,12H2;1-2H3. The van der Waals surface area contributed by atoms with E-state index >= 15 is 0 Å². The second-order valence-corrected chi connectivity index (χ2v) is 3.37. The summed E-state index contributed by atoms with van der Waals surface area (Å²) in [4.78, 5) is 12.1. The maximum absolute atomic E-state index is 12.4. The lowest BCUT2D eigenvalue weighted by molar-refractivity contribution is -0.182. The molecule has 1 unspecified atom stereocenters. The van der Waals surface area contributed by atoms with E-state index in [2.05, 4.69) is 6.58 Å². The molecule has 6 heteroatoms. The number of likely N-dealkylation sites (tertiary alicyclic amines) is 1. The Balaban J connectivity index is 0.00000106. The van der Waals surface area contributed by atoms with Crippen LogP contribution < -0.4 is 5.73 Å². The predicted molar refractivity (Wildman–Crippen MR) is 55.7 cm³/mol. The fourth-order valence-electron chi connectivity index (χ4n) is 1.38. The Hall–Kier alpha value is -1.04. The first-order valence-electron chi connectivity index (χ1n) is 5.07. The largest absolute Gasteiger partial charge is 0.408 e. The van der Waals surface area contributed by atoms with Crippen molar-refractivity contribution in [2.24, 2.45) is 5.73 Å². The zero-order chi connectivity index (χ0) is 13.0. The van der Waals surface area contributed by atoms with E-state index < -0.39 is 24.2 Å². The van der Waals surface area contributed by atoms with Gasteiger partial charge in [0.1, 0.15) is 5.54 Å². The smallest absolute Gasteiger partial charge is 0.337 e. The van der Waals surface area contributed by atoms with Gasteiger partial charge in [0.2, 0.25) is 5.91 Å². The van der Waals surface area contributed by atoms with E-state index in [9.17, 15) is 18.0 Å². The van der Waals surface area contributed by atoms with Crippen molar-refractivity contribution < 1.29 is 18.0 Å². The zero-order valence-corrected chi connectivity index (χ0v) is 9.47. The molecule has 1 heterocycles. The maximum Gasteiger partial charge on any atom is 0.408 e. The summed E-state index contributed by atoms with van der Waals surface area (Å²) in [5, 5.41) is 0. The van der Waals surface area contributed by atoms with Crippen molar-refractivity contribution in [3.05, 3.63) is 12.7 Å². The number of amides is 1. The van der Waals surface area contributed by atoms with Crippen LogP contribution in [0.5, 0.6) is 0 Å². The molecule has 0 aromatic rings. The molecule has 2 N–H and O–H groups in total. The predicted octanol–water partition coefficient (Wildman–Crippen LogP) is 1.69. The highest BCUT2D eigenvalue weighted by Crippen LogP contribution is 2.35. The molecule has 1 aliphatic rings. The second-order valence-electron chi connectivity index (χ2n) is 3.37. The van der Waals surface area contributed by atoms with Gasteiger partial charge in [0.25, 0.3) is 0 Å². The van der Waals surface area contributed by atoms with E-state index in [0.29, 0.717) is 0 Å². The molecule has 1 fully saturated rings. The number of carbonyl (C=O) groups is 1. The van der Waals surface area contributed by atoms with Crippen LogP contribution in [0.2, 0.25) is 0 Å². The minimum Gasteiger partial charge on any atom is -0.337 e. The van der Waals surface area contributed by atoms with Crippen LogP contribution in [0.25, 0.3) is 0 Å². The number of hydrogen-bond donors (Lipinski definition) is 1. The molecule has 0 aromatic heterocycles. The maximum atomic E-state index is 12.4. The van der Waals surface area contributed by atoms with Crippen LogP contribution >= 0.6 is 0 Å². The summed E-state index contributed by atoms with van der Waals surface area (Å²) in [7, 11) is 0. The topological polar surface area (TPSA) is 46.3 Å². The summed E-state index contributed by atoms with van der Waals surface area (Å²) in [5.74, 6) is -0.512. The fraction of sp³-hybridized carbons (Fsp3) is 0.700. The van der Waals surface area contributed by atoms with E-state index in [4.69, 9.17) is 5.73 Å². The first kappa shape index (κ1) is 15.0. The van der Waals surface area contributed by atoms with Gasteiger partial charge >= 0.3 is 6.18 Å². The monoisotopic (exact) mass is 238 g/mol. The van der Waals surface area contributed by atoms with E-state index in [0.717, 1.165) is 11.0 Å². The Morgan fingerprint density at radius 1 is 1.50 bits per heavy atom.